The van der Waals surface area contributed by atoms with Gasteiger partial charge in [-0.2, -0.15) is 0 Å². The molecule has 5 aliphatic rings. The SMILES string of the molecule is C1C[C@H]2CC[C@@H](C1)N1[C@H]3CC[C@H](C3)N21. The molecule has 0 unspecified atom stereocenters. The summed E-state index contributed by atoms with van der Waals surface area (Å²) < 4.78 is 0. The van der Waals surface area contributed by atoms with Crippen LogP contribution in [0.15, 0.2) is 0 Å². The van der Waals surface area contributed by atoms with Crippen LogP contribution < -0.4 is 0 Å². The number of hydrogen-bond acceptors (Lipinski definition) is 2. The number of fused-ring (bicyclic) bond motifs is 5. The van der Waals surface area contributed by atoms with Gasteiger partial charge in [0.05, 0.1) is 0 Å². The Morgan fingerprint density at radius 2 is 1.07 bits per heavy atom. The number of hydrazine groups is 1. The molecule has 0 spiro atoms. The molecule has 2 aliphatic carbocycles. The maximum atomic E-state index is 2.83. The molecule has 2 saturated carbocycles. The Hall–Kier alpha value is -0.0800. The highest BCUT2D eigenvalue weighted by Gasteiger charge is 2.52. The van der Waals surface area contributed by atoms with Gasteiger partial charge >= 0.3 is 0 Å². The molecule has 5 fully saturated rings. The first kappa shape index (κ1) is 8.12. The summed E-state index contributed by atoms with van der Waals surface area (Å²) in [5.74, 6) is 0. The van der Waals surface area contributed by atoms with E-state index < -0.39 is 0 Å². The highest BCUT2D eigenvalue weighted by atomic mass is 15.7. The zero-order valence-corrected chi connectivity index (χ0v) is 8.86. The molecule has 0 amide bonds. The van der Waals surface area contributed by atoms with Crippen molar-refractivity contribution < 1.29 is 0 Å². The Morgan fingerprint density at radius 1 is 0.571 bits per heavy atom. The fourth-order valence-corrected chi connectivity index (χ4v) is 4.56. The average molecular weight is 192 g/mol. The van der Waals surface area contributed by atoms with E-state index in [9.17, 15) is 0 Å². The number of hydrogen-bond donors (Lipinski definition) is 0. The highest BCUT2D eigenvalue weighted by Crippen LogP contribution is 2.47. The first-order chi connectivity index (χ1) is 6.93. The molecule has 0 aromatic heterocycles. The molecule has 2 nitrogen and oxygen atoms in total. The molecule has 2 heteroatoms. The predicted molar refractivity (Wildman–Crippen MR) is 55.8 cm³/mol. The maximum Gasteiger partial charge on any atom is 0.0265 e. The summed E-state index contributed by atoms with van der Waals surface area (Å²) in [6.07, 6.45) is 11.9. The summed E-state index contributed by atoms with van der Waals surface area (Å²) >= 11 is 0. The molecule has 4 atom stereocenters. The Labute approximate surface area is 86.2 Å². The lowest BCUT2D eigenvalue weighted by Crippen LogP contribution is -2.58. The predicted octanol–water partition coefficient (Wildman–Crippen LogP) is 2.16. The largest absolute Gasteiger partial charge is 0.235 e. The minimum Gasteiger partial charge on any atom is -0.235 e. The van der Waals surface area contributed by atoms with Crippen LogP contribution in [0.2, 0.25) is 0 Å². The summed E-state index contributed by atoms with van der Waals surface area (Å²) in [7, 11) is 0. The maximum absolute atomic E-state index is 2.83. The van der Waals surface area contributed by atoms with Crippen molar-refractivity contribution in [3.05, 3.63) is 0 Å². The Bertz CT molecular complexity index is 225. The van der Waals surface area contributed by atoms with E-state index in [4.69, 9.17) is 0 Å². The second-order valence-corrected chi connectivity index (χ2v) is 5.70. The van der Waals surface area contributed by atoms with Gasteiger partial charge in [-0.15, -0.1) is 0 Å². The third-order valence-corrected chi connectivity index (χ3v) is 5.05. The standard InChI is InChI=1S/C12H20N2/c1-2-9-4-5-10(3-1)14-12-7-6-11(8-12)13(9)14/h9-12H,1-8H2/t9-,10+,11+,12-. The van der Waals surface area contributed by atoms with E-state index in [0.717, 1.165) is 24.2 Å². The van der Waals surface area contributed by atoms with Crippen LogP contribution in [0.25, 0.3) is 0 Å². The fraction of sp³-hybridized carbons (Fsp3) is 1.00. The van der Waals surface area contributed by atoms with Crippen LogP contribution in [-0.2, 0) is 0 Å². The molecule has 0 radical (unpaired) electrons. The lowest BCUT2D eigenvalue weighted by molar-refractivity contribution is -0.135. The van der Waals surface area contributed by atoms with Crippen molar-refractivity contribution in [2.45, 2.75) is 75.5 Å². The van der Waals surface area contributed by atoms with Crippen molar-refractivity contribution in [2.75, 3.05) is 0 Å². The van der Waals surface area contributed by atoms with Gasteiger partial charge in [-0.1, -0.05) is 6.42 Å². The molecule has 14 heavy (non-hydrogen) atoms. The lowest BCUT2D eigenvalue weighted by Gasteiger charge is -2.49. The van der Waals surface area contributed by atoms with Crippen LogP contribution in [-0.4, -0.2) is 34.2 Å². The number of nitrogens with zero attached hydrogens (tertiary/aromatic N) is 2. The molecule has 5 rings (SSSR count). The smallest absolute Gasteiger partial charge is 0.0265 e. The molecular weight excluding hydrogens is 172 g/mol. The second kappa shape index (κ2) is 2.73. The molecule has 3 heterocycles. The van der Waals surface area contributed by atoms with Crippen LogP contribution in [0, 0.1) is 0 Å². The average Bonchev–Trinajstić information content (AvgIpc) is 2.69. The van der Waals surface area contributed by atoms with E-state index in [1.807, 2.05) is 0 Å². The Balaban J connectivity index is 1.74. The summed E-state index contributed by atoms with van der Waals surface area (Å²) in [6.45, 7) is 0. The van der Waals surface area contributed by atoms with Crippen molar-refractivity contribution in [1.82, 2.24) is 10.0 Å². The molecule has 0 N–H and O–H groups in total. The van der Waals surface area contributed by atoms with E-state index in [1.54, 1.807) is 0 Å². The quantitative estimate of drug-likeness (QED) is 0.580. The first-order valence-electron chi connectivity index (χ1n) is 6.50. The summed E-state index contributed by atoms with van der Waals surface area (Å²) in [4.78, 5) is 0. The van der Waals surface area contributed by atoms with Gasteiger partial charge in [-0.05, 0) is 44.9 Å². The van der Waals surface area contributed by atoms with Crippen LogP contribution in [0.1, 0.15) is 51.4 Å². The third-order valence-electron chi connectivity index (χ3n) is 5.05. The molecule has 0 aromatic carbocycles. The molecule has 78 valence electrons. The van der Waals surface area contributed by atoms with Gasteiger partial charge in [0.25, 0.3) is 0 Å². The van der Waals surface area contributed by atoms with Gasteiger partial charge in [-0.3, -0.25) is 0 Å². The van der Waals surface area contributed by atoms with Gasteiger partial charge in [0.2, 0.25) is 0 Å². The zero-order valence-electron chi connectivity index (χ0n) is 8.86. The van der Waals surface area contributed by atoms with Crippen LogP contribution in [0.3, 0.4) is 0 Å². The van der Waals surface area contributed by atoms with Gasteiger partial charge in [0.1, 0.15) is 0 Å². The van der Waals surface area contributed by atoms with Crippen molar-refractivity contribution in [2.24, 2.45) is 0 Å². The van der Waals surface area contributed by atoms with Gasteiger partial charge in [0, 0.05) is 24.2 Å². The van der Waals surface area contributed by atoms with Crippen LogP contribution >= 0.6 is 0 Å². The Morgan fingerprint density at radius 3 is 1.64 bits per heavy atom. The molecule has 0 aromatic rings. The molecule has 3 aliphatic heterocycles. The van der Waals surface area contributed by atoms with Crippen molar-refractivity contribution in [3.63, 3.8) is 0 Å². The summed E-state index contributed by atoms with van der Waals surface area (Å²) in [5.41, 5.74) is 0. The molecule has 3 saturated heterocycles. The topological polar surface area (TPSA) is 6.48 Å². The van der Waals surface area contributed by atoms with E-state index in [1.165, 1.54) is 51.4 Å². The molecular formula is C12H20N2. The zero-order chi connectivity index (χ0) is 9.12. The number of rotatable bonds is 0. The fourth-order valence-electron chi connectivity index (χ4n) is 4.56. The van der Waals surface area contributed by atoms with Gasteiger partial charge < -0.3 is 0 Å². The van der Waals surface area contributed by atoms with Crippen LogP contribution in [0.5, 0.6) is 0 Å². The summed E-state index contributed by atoms with van der Waals surface area (Å²) in [5, 5.41) is 5.66. The van der Waals surface area contributed by atoms with Crippen molar-refractivity contribution in [3.8, 4) is 0 Å². The van der Waals surface area contributed by atoms with E-state index in [0.29, 0.717) is 0 Å². The molecule has 4 bridgehead atoms. The second-order valence-electron chi connectivity index (χ2n) is 5.70. The highest BCUT2D eigenvalue weighted by molar-refractivity contribution is 5.02. The monoisotopic (exact) mass is 192 g/mol. The Kier molecular flexibility index (Phi) is 1.58. The normalized spacial score (nSPS) is 52.3. The first-order valence-corrected chi connectivity index (χ1v) is 6.50. The third kappa shape index (κ3) is 0.892. The van der Waals surface area contributed by atoms with E-state index >= 15 is 0 Å². The van der Waals surface area contributed by atoms with Crippen molar-refractivity contribution >= 4 is 0 Å². The van der Waals surface area contributed by atoms with Gasteiger partial charge in [0.15, 0.2) is 0 Å². The minimum absolute atomic E-state index is 0.934. The lowest BCUT2D eigenvalue weighted by atomic mass is 10.0. The van der Waals surface area contributed by atoms with E-state index in [-0.39, 0.29) is 0 Å². The minimum atomic E-state index is 0.934. The van der Waals surface area contributed by atoms with Gasteiger partial charge in [-0.25, -0.2) is 10.0 Å². The van der Waals surface area contributed by atoms with Crippen molar-refractivity contribution in [1.29, 1.82) is 0 Å². The van der Waals surface area contributed by atoms with E-state index in [2.05, 4.69) is 10.0 Å². The summed E-state index contributed by atoms with van der Waals surface area (Å²) in [6, 6.07) is 3.77. The van der Waals surface area contributed by atoms with Crippen LogP contribution in [0.4, 0.5) is 0 Å².